The van der Waals surface area contributed by atoms with Crippen LogP contribution in [0.2, 0.25) is 0 Å². The summed E-state index contributed by atoms with van der Waals surface area (Å²) in [6.45, 7) is 1.07. The molecule has 1 saturated heterocycles. The largest absolute Gasteiger partial charge is 0.503 e. The van der Waals surface area contributed by atoms with Crippen LogP contribution in [0.1, 0.15) is 10.6 Å². The average Bonchev–Trinajstić information content (AvgIpc) is 3.16. The number of H-pyrrole nitrogens is 1. The predicted molar refractivity (Wildman–Crippen MR) is 96.2 cm³/mol. The van der Waals surface area contributed by atoms with E-state index in [0.29, 0.717) is 46.2 Å². The standard InChI is InChI=1S/C18H16N2O4S/c21-15-12-4-1-2-5-13(12)19-17(22)16(15)25-10-7-20(8-11-25)18(23)14-6-3-9-24-14/h1-6,9H,7-8,10-11H2,(H-,19,21,22)/p+1. The molecule has 4 rings (SSSR count). The van der Waals surface area contributed by atoms with Crippen molar-refractivity contribution >= 4 is 27.7 Å². The van der Waals surface area contributed by atoms with Crippen LogP contribution >= 0.6 is 0 Å². The highest BCUT2D eigenvalue weighted by molar-refractivity contribution is 7.97. The highest BCUT2D eigenvalue weighted by atomic mass is 32.2. The minimum Gasteiger partial charge on any atom is -0.503 e. The Morgan fingerprint density at radius 2 is 1.92 bits per heavy atom. The number of nitrogens with one attached hydrogen (secondary N) is 1. The van der Waals surface area contributed by atoms with E-state index in [2.05, 4.69) is 4.98 Å². The lowest BCUT2D eigenvalue weighted by Gasteiger charge is -2.25. The van der Waals surface area contributed by atoms with E-state index in [1.165, 1.54) is 6.26 Å². The van der Waals surface area contributed by atoms with Gasteiger partial charge in [0, 0.05) is 16.3 Å². The Balaban J connectivity index is 1.58. The first kappa shape index (κ1) is 15.8. The molecular weight excluding hydrogens is 340 g/mol. The minimum absolute atomic E-state index is 0.0634. The van der Waals surface area contributed by atoms with Crippen LogP contribution in [0.25, 0.3) is 10.9 Å². The van der Waals surface area contributed by atoms with Gasteiger partial charge >= 0.3 is 5.56 Å². The van der Waals surface area contributed by atoms with Crippen LogP contribution in [0, 0.1) is 0 Å². The number of aromatic amines is 1. The van der Waals surface area contributed by atoms with Crippen LogP contribution in [-0.4, -0.2) is 45.5 Å². The molecule has 128 valence electrons. The van der Waals surface area contributed by atoms with Gasteiger partial charge in [0.2, 0.25) is 0 Å². The van der Waals surface area contributed by atoms with Gasteiger partial charge in [0.1, 0.15) is 11.5 Å². The number of carbonyl (C=O) groups is 1. The zero-order valence-corrected chi connectivity index (χ0v) is 14.2. The molecule has 1 aliphatic rings. The molecule has 0 bridgehead atoms. The summed E-state index contributed by atoms with van der Waals surface area (Å²) in [7, 11) is -0.389. The number of hydrogen-bond acceptors (Lipinski definition) is 4. The van der Waals surface area contributed by atoms with E-state index in [4.69, 9.17) is 4.42 Å². The Kier molecular flexibility index (Phi) is 4.01. The summed E-state index contributed by atoms with van der Waals surface area (Å²) in [6.07, 6.45) is 1.48. The van der Waals surface area contributed by atoms with Gasteiger partial charge in [0.25, 0.3) is 10.8 Å². The van der Waals surface area contributed by atoms with E-state index in [1.54, 1.807) is 29.2 Å². The predicted octanol–water partition coefficient (Wildman–Crippen LogP) is 1.96. The van der Waals surface area contributed by atoms with Crippen LogP contribution in [0.15, 0.2) is 56.8 Å². The molecule has 0 spiro atoms. The zero-order valence-electron chi connectivity index (χ0n) is 13.4. The van der Waals surface area contributed by atoms with Crippen molar-refractivity contribution in [3.05, 3.63) is 58.8 Å². The number of rotatable bonds is 2. The fraction of sp³-hybridized carbons (Fsp3) is 0.222. The molecule has 2 aromatic heterocycles. The Morgan fingerprint density at radius 3 is 2.64 bits per heavy atom. The number of fused-ring (bicyclic) bond motifs is 1. The van der Waals surface area contributed by atoms with E-state index in [9.17, 15) is 14.7 Å². The maximum Gasteiger partial charge on any atom is 0.307 e. The summed E-state index contributed by atoms with van der Waals surface area (Å²) < 4.78 is 5.16. The first-order valence-electron chi connectivity index (χ1n) is 7.99. The van der Waals surface area contributed by atoms with E-state index >= 15 is 0 Å². The average molecular weight is 357 g/mol. The molecule has 6 nitrogen and oxygen atoms in total. The summed E-state index contributed by atoms with van der Waals surface area (Å²) in [5, 5.41) is 11.3. The summed E-state index contributed by atoms with van der Waals surface area (Å²) in [5.41, 5.74) is 0.384. The maximum atomic E-state index is 12.5. The van der Waals surface area contributed by atoms with Gasteiger partial charge in [-0.1, -0.05) is 12.1 Å². The number of benzene rings is 1. The first-order chi connectivity index (χ1) is 12.1. The molecule has 0 saturated carbocycles. The number of aromatic hydroxyl groups is 1. The molecule has 1 amide bonds. The van der Waals surface area contributed by atoms with Gasteiger partial charge in [-0.15, -0.1) is 0 Å². The van der Waals surface area contributed by atoms with Crippen molar-refractivity contribution in [2.45, 2.75) is 4.90 Å². The Bertz CT molecular complexity index is 972. The molecule has 0 radical (unpaired) electrons. The van der Waals surface area contributed by atoms with Gasteiger partial charge in [0.05, 0.1) is 24.9 Å². The Labute approximate surface area is 146 Å². The third-order valence-electron chi connectivity index (χ3n) is 4.37. The molecule has 1 aromatic carbocycles. The van der Waals surface area contributed by atoms with E-state index < -0.39 is 0 Å². The number of carbonyl (C=O) groups excluding carboxylic acids is 1. The van der Waals surface area contributed by atoms with Crippen molar-refractivity contribution in [2.75, 3.05) is 24.6 Å². The second-order valence-corrected chi connectivity index (χ2v) is 8.06. The van der Waals surface area contributed by atoms with Gasteiger partial charge in [-0.05, 0) is 24.3 Å². The third kappa shape index (κ3) is 2.80. The van der Waals surface area contributed by atoms with Crippen LogP contribution in [0.4, 0.5) is 0 Å². The van der Waals surface area contributed by atoms with Crippen molar-refractivity contribution < 1.29 is 14.3 Å². The highest BCUT2D eigenvalue weighted by Gasteiger charge is 2.36. The molecule has 0 aliphatic carbocycles. The van der Waals surface area contributed by atoms with Crippen LogP contribution in [0.5, 0.6) is 5.75 Å². The molecule has 0 atom stereocenters. The summed E-state index contributed by atoms with van der Waals surface area (Å²) in [5.74, 6) is 1.56. The number of hydrogen-bond donors (Lipinski definition) is 2. The number of para-hydroxylation sites is 1. The zero-order chi connectivity index (χ0) is 17.4. The van der Waals surface area contributed by atoms with Crippen molar-refractivity contribution in [3.8, 4) is 5.75 Å². The third-order valence-corrected chi connectivity index (χ3v) is 6.68. The first-order valence-corrected chi connectivity index (χ1v) is 9.55. The smallest absolute Gasteiger partial charge is 0.307 e. The van der Waals surface area contributed by atoms with E-state index in [-0.39, 0.29) is 28.1 Å². The van der Waals surface area contributed by atoms with E-state index in [1.807, 2.05) is 12.1 Å². The fourth-order valence-electron chi connectivity index (χ4n) is 3.09. The van der Waals surface area contributed by atoms with Crippen molar-refractivity contribution in [2.24, 2.45) is 0 Å². The number of nitrogens with zero attached hydrogens (tertiary/aromatic N) is 1. The second kappa shape index (κ2) is 6.33. The Hall–Kier alpha value is -2.67. The molecule has 2 N–H and O–H groups in total. The molecule has 3 aromatic rings. The van der Waals surface area contributed by atoms with Crippen LogP contribution < -0.4 is 5.56 Å². The van der Waals surface area contributed by atoms with Gasteiger partial charge in [-0.3, -0.25) is 9.59 Å². The number of aromatic nitrogens is 1. The highest BCUT2D eigenvalue weighted by Crippen LogP contribution is 2.30. The van der Waals surface area contributed by atoms with Gasteiger partial charge < -0.3 is 19.4 Å². The van der Waals surface area contributed by atoms with Gasteiger partial charge in [-0.25, -0.2) is 0 Å². The van der Waals surface area contributed by atoms with Crippen molar-refractivity contribution in [1.82, 2.24) is 9.88 Å². The van der Waals surface area contributed by atoms with Gasteiger partial charge in [0.15, 0.2) is 11.5 Å². The molecule has 25 heavy (non-hydrogen) atoms. The summed E-state index contributed by atoms with van der Waals surface area (Å²) in [4.78, 5) is 29.8. The van der Waals surface area contributed by atoms with E-state index in [0.717, 1.165) is 0 Å². The monoisotopic (exact) mass is 357 g/mol. The quantitative estimate of drug-likeness (QED) is 0.687. The second-order valence-electron chi connectivity index (χ2n) is 5.85. The summed E-state index contributed by atoms with van der Waals surface area (Å²) >= 11 is 0. The number of amides is 1. The molecule has 0 unspecified atom stereocenters. The number of furan rings is 1. The minimum atomic E-state index is -0.389. The molecule has 7 heteroatoms. The van der Waals surface area contributed by atoms with Gasteiger partial charge in [-0.2, -0.15) is 0 Å². The van der Waals surface area contributed by atoms with Crippen LogP contribution in [-0.2, 0) is 10.9 Å². The van der Waals surface area contributed by atoms with Crippen molar-refractivity contribution in [1.29, 1.82) is 0 Å². The molecular formula is C18H17N2O4S+. The molecule has 3 heterocycles. The SMILES string of the molecule is O=C(c1ccco1)N1CC[S+](c2c(O)c3ccccc3[nH]c2=O)CC1. The molecule has 1 fully saturated rings. The number of pyridine rings is 1. The lowest BCUT2D eigenvalue weighted by Crippen LogP contribution is -2.44. The lowest BCUT2D eigenvalue weighted by atomic mass is 10.2. The van der Waals surface area contributed by atoms with Crippen LogP contribution in [0.3, 0.4) is 0 Å². The normalized spacial score (nSPS) is 15.6. The lowest BCUT2D eigenvalue weighted by molar-refractivity contribution is 0.0739. The Morgan fingerprint density at radius 1 is 1.16 bits per heavy atom. The molecule has 1 aliphatic heterocycles. The van der Waals surface area contributed by atoms with Crippen molar-refractivity contribution in [3.63, 3.8) is 0 Å². The maximum absolute atomic E-state index is 12.5. The topological polar surface area (TPSA) is 86.5 Å². The summed E-state index contributed by atoms with van der Waals surface area (Å²) in [6, 6.07) is 10.6. The fourth-order valence-corrected chi connectivity index (χ4v) is 5.28.